The molecule has 4 amide bonds. The fraction of sp³-hybridized carbons (Fsp3) is 0.750. The van der Waals surface area contributed by atoms with Crippen LogP contribution in [-0.4, -0.2) is 48.0 Å². The highest BCUT2D eigenvalue weighted by Gasteiger charge is 2.62. The lowest BCUT2D eigenvalue weighted by Gasteiger charge is -2.50. The normalized spacial score (nSPS) is 26.4. The van der Waals surface area contributed by atoms with Gasteiger partial charge in [-0.2, -0.15) is 0 Å². The van der Waals surface area contributed by atoms with E-state index in [9.17, 15) is 14.4 Å². The predicted octanol–water partition coefficient (Wildman–Crippen LogP) is 0.132. The summed E-state index contributed by atoms with van der Waals surface area (Å²) in [5.41, 5.74) is -1.16. The predicted molar refractivity (Wildman–Crippen MR) is 64.5 cm³/mol. The van der Waals surface area contributed by atoms with Crippen molar-refractivity contribution < 1.29 is 18.9 Å². The fourth-order valence-corrected chi connectivity index (χ4v) is 3.33. The lowest BCUT2D eigenvalue weighted by molar-refractivity contribution is -0.944. The van der Waals surface area contributed by atoms with Crippen LogP contribution in [0.5, 0.6) is 0 Å². The number of urea groups is 1. The average molecular weight is 254 g/mol. The monoisotopic (exact) mass is 254 g/mol. The van der Waals surface area contributed by atoms with E-state index in [0.717, 1.165) is 32.4 Å². The van der Waals surface area contributed by atoms with Crippen molar-refractivity contribution in [3.05, 3.63) is 0 Å². The summed E-state index contributed by atoms with van der Waals surface area (Å²) in [6.45, 7) is 3.42. The second-order valence-corrected chi connectivity index (χ2v) is 5.35. The molecule has 2 aliphatic heterocycles. The number of imide groups is 2. The standard InChI is InChI=1S/C12H19N3O3/c1-3-12(15(2)7-5-4-6-8-15)9(16)13-11(18)14-10(12)17/h3-8H2,1-2H3,(H-,13,14,16,17,18)/p+1. The van der Waals surface area contributed by atoms with E-state index in [4.69, 9.17) is 0 Å². The summed E-state index contributed by atoms with van der Waals surface area (Å²) >= 11 is 0. The zero-order valence-corrected chi connectivity index (χ0v) is 10.9. The number of carbonyl (C=O) groups is 3. The van der Waals surface area contributed by atoms with E-state index in [1.165, 1.54) is 0 Å². The van der Waals surface area contributed by atoms with Crippen molar-refractivity contribution in [3.8, 4) is 0 Å². The molecule has 2 rings (SSSR count). The molecule has 0 aromatic carbocycles. The molecule has 6 nitrogen and oxygen atoms in total. The van der Waals surface area contributed by atoms with Gasteiger partial charge in [0.15, 0.2) is 0 Å². The summed E-state index contributed by atoms with van der Waals surface area (Å²) < 4.78 is 0.397. The molecule has 0 saturated carbocycles. The largest absolute Gasteiger partial charge is 0.328 e. The van der Waals surface area contributed by atoms with Crippen LogP contribution in [0.15, 0.2) is 0 Å². The minimum atomic E-state index is -1.16. The molecule has 18 heavy (non-hydrogen) atoms. The van der Waals surface area contributed by atoms with Crippen molar-refractivity contribution in [2.75, 3.05) is 20.1 Å². The summed E-state index contributed by atoms with van der Waals surface area (Å²) in [4.78, 5) is 35.7. The highest BCUT2D eigenvalue weighted by Crippen LogP contribution is 2.33. The Morgan fingerprint density at radius 3 is 2.00 bits per heavy atom. The first kappa shape index (κ1) is 13.0. The van der Waals surface area contributed by atoms with E-state index in [0.29, 0.717) is 10.9 Å². The quantitative estimate of drug-likeness (QED) is 0.543. The number of amides is 4. The van der Waals surface area contributed by atoms with Crippen molar-refractivity contribution >= 4 is 17.8 Å². The van der Waals surface area contributed by atoms with Crippen LogP contribution in [0.1, 0.15) is 32.6 Å². The van der Waals surface area contributed by atoms with Gasteiger partial charge in [0.1, 0.15) is 0 Å². The van der Waals surface area contributed by atoms with Gasteiger partial charge in [-0.25, -0.2) is 4.79 Å². The molecule has 0 aliphatic carbocycles. The third-order valence-electron chi connectivity index (χ3n) is 4.44. The number of nitrogens with one attached hydrogen (secondary N) is 2. The molecule has 2 fully saturated rings. The number of likely N-dealkylation sites (N-methyl/N-ethyl adjacent to an activating group) is 1. The van der Waals surface area contributed by atoms with Gasteiger partial charge in [-0.1, -0.05) is 6.92 Å². The van der Waals surface area contributed by atoms with Crippen molar-refractivity contribution in [1.29, 1.82) is 0 Å². The Bertz CT molecular complexity index is 379. The molecule has 2 saturated heterocycles. The summed E-state index contributed by atoms with van der Waals surface area (Å²) in [7, 11) is 1.94. The second kappa shape index (κ2) is 4.35. The molecule has 0 radical (unpaired) electrons. The van der Waals surface area contributed by atoms with Crippen molar-refractivity contribution in [2.24, 2.45) is 0 Å². The third kappa shape index (κ3) is 1.63. The molecule has 2 aliphatic rings. The minimum Gasteiger partial charge on any atom is -0.305 e. The number of rotatable bonds is 2. The number of likely N-dealkylation sites (tertiary alicyclic amines) is 1. The maximum absolute atomic E-state index is 12.3. The van der Waals surface area contributed by atoms with Crippen LogP contribution in [-0.2, 0) is 9.59 Å². The zero-order chi connectivity index (χ0) is 13.4. The number of nitrogens with zero attached hydrogens (tertiary/aromatic N) is 1. The molecular weight excluding hydrogens is 234 g/mol. The number of quaternary nitrogens is 1. The Hall–Kier alpha value is -1.43. The van der Waals surface area contributed by atoms with Crippen LogP contribution in [0.2, 0.25) is 0 Å². The van der Waals surface area contributed by atoms with Crippen molar-refractivity contribution in [2.45, 2.75) is 38.1 Å². The van der Waals surface area contributed by atoms with Gasteiger partial charge in [0.2, 0.25) is 0 Å². The number of carbonyl (C=O) groups excluding carboxylic acids is 3. The Balaban J connectivity index is 2.42. The second-order valence-electron chi connectivity index (χ2n) is 5.35. The van der Waals surface area contributed by atoms with Crippen LogP contribution in [0.3, 0.4) is 0 Å². The number of barbiturate groups is 1. The van der Waals surface area contributed by atoms with E-state index < -0.39 is 23.4 Å². The maximum atomic E-state index is 12.3. The molecule has 0 spiro atoms. The molecular formula is C12H20N3O3+. The smallest absolute Gasteiger partial charge is 0.305 e. The number of hydrogen-bond donors (Lipinski definition) is 2. The summed E-state index contributed by atoms with van der Waals surface area (Å²) in [5.74, 6) is -0.911. The lowest BCUT2D eigenvalue weighted by atomic mass is 9.85. The first-order chi connectivity index (χ1) is 8.46. The van der Waals surface area contributed by atoms with Gasteiger partial charge in [-0.15, -0.1) is 0 Å². The van der Waals surface area contributed by atoms with Gasteiger partial charge in [0.05, 0.1) is 20.1 Å². The van der Waals surface area contributed by atoms with Crippen LogP contribution >= 0.6 is 0 Å². The van der Waals surface area contributed by atoms with Crippen LogP contribution in [0.4, 0.5) is 4.79 Å². The van der Waals surface area contributed by atoms with Crippen molar-refractivity contribution in [1.82, 2.24) is 10.6 Å². The molecule has 0 aromatic rings. The molecule has 0 aromatic heterocycles. The summed E-state index contributed by atoms with van der Waals surface area (Å²) in [6, 6.07) is -0.710. The van der Waals surface area contributed by atoms with E-state index in [2.05, 4.69) is 10.6 Å². The van der Waals surface area contributed by atoms with Gasteiger partial charge in [-0.3, -0.25) is 20.2 Å². The molecule has 2 N–H and O–H groups in total. The Labute approximate surface area is 106 Å². The molecule has 6 heteroatoms. The van der Waals surface area contributed by atoms with Gasteiger partial charge in [-0.05, 0) is 19.3 Å². The van der Waals surface area contributed by atoms with E-state index in [1.807, 2.05) is 14.0 Å². The lowest BCUT2D eigenvalue weighted by Crippen LogP contribution is -2.79. The van der Waals surface area contributed by atoms with E-state index >= 15 is 0 Å². The molecule has 100 valence electrons. The zero-order valence-electron chi connectivity index (χ0n) is 10.9. The highest BCUT2D eigenvalue weighted by molar-refractivity contribution is 6.21. The Morgan fingerprint density at radius 1 is 1.06 bits per heavy atom. The fourth-order valence-electron chi connectivity index (χ4n) is 3.33. The topological polar surface area (TPSA) is 75.3 Å². The Morgan fingerprint density at radius 2 is 1.56 bits per heavy atom. The molecule has 0 unspecified atom stereocenters. The molecule has 0 bridgehead atoms. The van der Waals surface area contributed by atoms with E-state index in [1.54, 1.807) is 0 Å². The van der Waals surface area contributed by atoms with Crippen LogP contribution in [0.25, 0.3) is 0 Å². The summed E-state index contributed by atoms with van der Waals surface area (Å²) in [6.07, 6.45) is 3.55. The molecule has 2 heterocycles. The minimum absolute atomic E-state index is 0.397. The first-order valence-electron chi connectivity index (χ1n) is 6.48. The number of hydrogen-bond acceptors (Lipinski definition) is 3. The number of piperidine rings is 1. The Kier molecular flexibility index (Phi) is 3.14. The highest BCUT2D eigenvalue weighted by atomic mass is 16.2. The van der Waals surface area contributed by atoms with Gasteiger partial charge < -0.3 is 4.48 Å². The van der Waals surface area contributed by atoms with Gasteiger partial charge in [0.25, 0.3) is 17.4 Å². The maximum Gasteiger partial charge on any atom is 0.328 e. The average Bonchev–Trinajstić information content (AvgIpc) is 2.29. The van der Waals surface area contributed by atoms with E-state index in [-0.39, 0.29) is 0 Å². The first-order valence-corrected chi connectivity index (χ1v) is 6.48. The van der Waals surface area contributed by atoms with Crippen LogP contribution in [0, 0.1) is 0 Å². The van der Waals surface area contributed by atoms with Crippen molar-refractivity contribution in [3.63, 3.8) is 0 Å². The van der Waals surface area contributed by atoms with Gasteiger partial charge >= 0.3 is 6.03 Å². The van der Waals surface area contributed by atoms with Crippen LogP contribution < -0.4 is 10.6 Å². The summed E-state index contributed by atoms with van der Waals surface area (Å²) in [5, 5.41) is 4.50. The SMILES string of the molecule is CCC1([N+]2(C)CCCCC2)C(=O)NC(=O)NC1=O. The van der Waals surface area contributed by atoms with Gasteiger partial charge in [0, 0.05) is 6.42 Å². The third-order valence-corrected chi connectivity index (χ3v) is 4.44. The molecule has 0 atom stereocenters.